The maximum atomic E-state index is 6.06. The van der Waals surface area contributed by atoms with Crippen LogP contribution in [-0.2, 0) is 15.7 Å². The molecule has 2 aromatic rings. The Morgan fingerprint density at radius 2 is 1.85 bits per heavy atom. The van der Waals surface area contributed by atoms with Gasteiger partial charge in [0.15, 0.2) is 5.65 Å². The molecule has 0 N–H and O–H groups in total. The van der Waals surface area contributed by atoms with Gasteiger partial charge < -0.3 is 9.31 Å². The van der Waals surface area contributed by atoms with Gasteiger partial charge in [-0.25, -0.2) is 9.50 Å². The number of aromatic nitrogens is 3. The van der Waals surface area contributed by atoms with E-state index in [1.807, 2.05) is 40.0 Å². The fraction of sp³-hybridized carbons (Fsp3) is 0.571. The summed E-state index contributed by atoms with van der Waals surface area (Å²) in [4.78, 5) is 4.33. The summed E-state index contributed by atoms with van der Waals surface area (Å²) < 4.78 is 13.9. The van der Waals surface area contributed by atoms with Gasteiger partial charge in [-0.15, -0.1) is 0 Å². The lowest BCUT2D eigenvalue weighted by atomic mass is 9.83. The molecule has 0 unspecified atom stereocenters. The number of hydrogen-bond donors (Lipinski definition) is 0. The molecule has 3 heterocycles. The van der Waals surface area contributed by atoms with E-state index in [0.29, 0.717) is 0 Å². The van der Waals surface area contributed by atoms with E-state index in [0.717, 1.165) is 23.2 Å². The van der Waals surface area contributed by atoms with Crippen molar-refractivity contribution >= 4 is 18.4 Å². The minimum atomic E-state index is -0.433. The van der Waals surface area contributed by atoms with Gasteiger partial charge in [-0.1, -0.05) is 6.92 Å². The van der Waals surface area contributed by atoms with E-state index in [2.05, 4.69) is 17.0 Å². The third-order valence-corrected chi connectivity index (χ3v) is 4.33. The number of imidazole rings is 1. The molecule has 0 saturated carbocycles. The van der Waals surface area contributed by atoms with Crippen LogP contribution in [0.2, 0.25) is 0 Å². The standard InChI is InChI=1S/C14H20BN3O2/c1-6-10-9-11(17-18-8-7-16-12(10)18)15-19-13(2,3)14(4,5)20-15/h7-9H,6H2,1-5H3. The first kappa shape index (κ1) is 13.6. The Balaban J connectivity index is 2.03. The zero-order chi connectivity index (χ0) is 14.5. The Hall–Kier alpha value is -1.40. The van der Waals surface area contributed by atoms with E-state index in [4.69, 9.17) is 9.31 Å². The highest BCUT2D eigenvalue weighted by Crippen LogP contribution is 2.36. The summed E-state index contributed by atoms with van der Waals surface area (Å²) in [6.45, 7) is 10.3. The zero-order valence-corrected chi connectivity index (χ0v) is 12.7. The molecule has 6 heteroatoms. The summed E-state index contributed by atoms with van der Waals surface area (Å²) >= 11 is 0. The lowest BCUT2D eigenvalue weighted by Gasteiger charge is -2.32. The summed E-state index contributed by atoms with van der Waals surface area (Å²) in [6.07, 6.45) is 4.51. The summed E-state index contributed by atoms with van der Waals surface area (Å²) in [5, 5.41) is 4.56. The Labute approximate surface area is 119 Å². The minimum Gasteiger partial charge on any atom is -0.398 e. The molecular weight excluding hydrogens is 253 g/mol. The van der Waals surface area contributed by atoms with E-state index in [1.54, 1.807) is 10.7 Å². The van der Waals surface area contributed by atoms with Crippen LogP contribution < -0.4 is 5.59 Å². The van der Waals surface area contributed by atoms with Crippen molar-refractivity contribution in [2.24, 2.45) is 0 Å². The topological polar surface area (TPSA) is 48.7 Å². The maximum absolute atomic E-state index is 6.06. The number of hydrogen-bond acceptors (Lipinski definition) is 4. The molecule has 20 heavy (non-hydrogen) atoms. The molecule has 1 fully saturated rings. The average molecular weight is 273 g/mol. The summed E-state index contributed by atoms with van der Waals surface area (Å²) in [5.74, 6) is 0. The van der Waals surface area contributed by atoms with Gasteiger partial charge in [0.2, 0.25) is 0 Å². The van der Waals surface area contributed by atoms with Gasteiger partial charge in [-0.05, 0) is 45.7 Å². The number of aryl methyl sites for hydroxylation is 1. The molecule has 0 aromatic carbocycles. The van der Waals surface area contributed by atoms with Crippen LogP contribution in [0.15, 0.2) is 18.5 Å². The van der Waals surface area contributed by atoms with Crippen molar-refractivity contribution in [2.75, 3.05) is 0 Å². The Bertz CT molecular complexity index is 635. The van der Waals surface area contributed by atoms with Gasteiger partial charge in [0.1, 0.15) is 0 Å². The minimum absolute atomic E-state index is 0.352. The van der Waals surface area contributed by atoms with Gasteiger partial charge in [0.05, 0.1) is 16.8 Å². The fourth-order valence-electron chi connectivity index (χ4n) is 2.34. The van der Waals surface area contributed by atoms with Gasteiger partial charge in [-0.3, -0.25) is 0 Å². The van der Waals surface area contributed by atoms with Crippen molar-refractivity contribution in [2.45, 2.75) is 52.2 Å². The monoisotopic (exact) mass is 273 g/mol. The molecule has 2 aromatic heterocycles. The van der Waals surface area contributed by atoms with Gasteiger partial charge >= 0.3 is 7.12 Å². The largest absolute Gasteiger partial charge is 0.516 e. The zero-order valence-electron chi connectivity index (χ0n) is 12.7. The van der Waals surface area contributed by atoms with Crippen molar-refractivity contribution in [1.29, 1.82) is 0 Å². The molecule has 0 amide bonds. The van der Waals surface area contributed by atoms with Crippen LogP contribution in [0.3, 0.4) is 0 Å². The Morgan fingerprint density at radius 1 is 1.20 bits per heavy atom. The van der Waals surface area contributed by atoms with Crippen molar-refractivity contribution in [3.8, 4) is 0 Å². The van der Waals surface area contributed by atoms with Gasteiger partial charge in [0, 0.05) is 12.4 Å². The van der Waals surface area contributed by atoms with E-state index in [-0.39, 0.29) is 11.2 Å². The first-order valence-corrected chi connectivity index (χ1v) is 7.03. The quantitative estimate of drug-likeness (QED) is 0.780. The smallest absolute Gasteiger partial charge is 0.398 e. The first-order valence-electron chi connectivity index (χ1n) is 7.03. The van der Waals surface area contributed by atoms with Crippen LogP contribution in [-0.4, -0.2) is 32.9 Å². The molecule has 1 aliphatic heterocycles. The molecule has 106 valence electrons. The molecule has 0 aliphatic carbocycles. The molecule has 3 rings (SSSR count). The van der Waals surface area contributed by atoms with Crippen LogP contribution in [0.4, 0.5) is 0 Å². The molecule has 0 radical (unpaired) electrons. The normalized spacial score (nSPS) is 20.8. The predicted octanol–water partition coefficient (Wildman–Crippen LogP) is 1.59. The van der Waals surface area contributed by atoms with E-state index in [9.17, 15) is 0 Å². The highest BCUT2D eigenvalue weighted by atomic mass is 16.7. The predicted molar refractivity (Wildman–Crippen MR) is 78.1 cm³/mol. The number of fused-ring (bicyclic) bond motifs is 1. The van der Waals surface area contributed by atoms with Crippen LogP contribution in [0, 0.1) is 0 Å². The van der Waals surface area contributed by atoms with E-state index < -0.39 is 7.12 Å². The second-order valence-corrected chi connectivity index (χ2v) is 6.23. The molecule has 0 atom stereocenters. The summed E-state index contributed by atoms with van der Waals surface area (Å²) in [6, 6.07) is 2.03. The third-order valence-electron chi connectivity index (χ3n) is 4.33. The summed E-state index contributed by atoms with van der Waals surface area (Å²) in [7, 11) is -0.433. The van der Waals surface area contributed by atoms with Crippen molar-refractivity contribution < 1.29 is 9.31 Å². The maximum Gasteiger partial charge on any atom is 0.516 e. The van der Waals surface area contributed by atoms with Crippen LogP contribution in [0.25, 0.3) is 5.65 Å². The second kappa shape index (κ2) is 4.30. The molecule has 0 spiro atoms. The van der Waals surface area contributed by atoms with Gasteiger partial charge in [-0.2, -0.15) is 5.10 Å². The van der Waals surface area contributed by atoms with Crippen LogP contribution in [0.1, 0.15) is 40.2 Å². The lowest BCUT2D eigenvalue weighted by molar-refractivity contribution is 0.00578. The van der Waals surface area contributed by atoms with Gasteiger partial charge in [0.25, 0.3) is 0 Å². The Kier molecular flexibility index (Phi) is 2.92. The molecule has 1 saturated heterocycles. The van der Waals surface area contributed by atoms with E-state index >= 15 is 0 Å². The number of rotatable bonds is 2. The lowest BCUT2D eigenvalue weighted by Crippen LogP contribution is -2.41. The molecular formula is C14H20BN3O2. The SMILES string of the molecule is CCc1cc(B2OC(C)(C)C(C)(C)O2)nn2ccnc12. The van der Waals surface area contributed by atoms with Crippen LogP contribution in [0.5, 0.6) is 0 Å². The number of nitrogens with zero attached hydrogens (tertiary/aromatic N) is 3. The highest BCUT2D eigenvalue weighted by Gasteiger charge is 2.52. The second-order valence-electron chi connectivity index (χ2n) is 6.23. The summed E-state index contributed by atoms with van der Waals surface area (Å²) in [5.41, 5.74) is 2.14. The fourth-order valence-corrected chi connectivity index (χ4v) is 2.34. The van der Waals surface area contributed by atoms with Crippen molar-refractivity contribution in [3.63, 3.8) is 0 Å². The average Bonchev–Trinajstić information content (AvgIpc) is 2.91. The molecule has 0 bridgehead atoms. The Morgan fingerprint density at radius 3 is 2.45 bits per heavy atom. The third kappa shape index (κ3) is 1.94. The molecule has 1 aliphatic rings. The highest BCUT2D eigenvalue weighted by molar-refractivity contribution is 6.61. The molecule has 5 nitrogen and oxygen atoms in total. The van der Waals surface area contributed by atoms with Crippen molar-refractivity contribution in [1.82, 2.24) is 14.6 Å². The van der Waals surface area contributed by atoms with Crippen LogP contribution >= 0.6 is 0 Å². The van der Waals surface area contributed by atoms with E-state index in [1.165, 1.54) is 0 Å². The van der Waals surface area contributed by atoms with Crippen molar-refractivity contribution in [3.05, 3.63) is 24.0 Å². The first-order chi connectivity index (χ1) is 9.34.